The molecule has 3 rings (SSSR count). The lowest BCUT2D eigenvalue weighted by molar-refractivity contribution is -0.121. The maximum absolute atomic E-state index is 12.2. The largest absolute Gasteiger partial charge is 0.472 e. The van der Waals surface area contributed by atoms with E-state index in [4.69, 9.17) is 4.42 Å². The van der Waals surface area contributed by atoms with Crippen LogP contribution in [0.25, 0.3) is 0 Å². The molecule has 1 aromatic carbocycles. The Morgan fingerprint density at radius 3 is 2.71 bits per heavy atom. The summed E-state index contributed by atoms with van der Waals surface area (Å²) in [5.41, 5.74) is 2.77. The van der Waals surface area contributed by atoms with Crippen LogP contribution >= 0.6 is 0 Å². The predicted molar refractivity (Wildman–Crippen MR) is 90.7 cm³/mol. The number of rotatable bonds is 4. The molecule has 0 radical (unpaired) electrons. The van der Waals surface area contributed by atoms with Crippen LogP contribution in [0.1, 0.15) is 34.3 Å². The number of likely N-dealkylation sites (tertiary alicyclic amines) is 1. The molecule has 1 saturated heterocycles. The average Bonchev–Trinajstić information content (AvgIpc) is 3.09. The third-order valence-electron chi connectivity index (χ3n) is 4.36. The number of benzene rings is 1. The second-order valence-corrected chi connectivity index (χ2v) is 6.31. The number of carbonyl (C=O) groups excluding carboxylic acids is 2. The lowest BCUT2D eigenvalue weighted by Crippen LogP contribution is -2.46. The maximum Gasteiger partial charge on any atom is 0.257 e. The van der Waals surface area contributed by atoms with Gasteiger partial charge in [-0.1, -0.05) is 29.8 Å². The van der Waals surface area contributed by atoms with Crippen LogP contribution in [0.2, 0.25) is 0 Å². The molecule has 2 heterocycles. The number of amides is 2. The molecule has 0 spiro atoms. The Morgan fingerprint density at radius 2 is 2.04 bits per heavy atom. The van der Waals surface area contributed by atoms with E-state index >= 15 is 0 Å². The van der Waals surface area contributed by atoms with Crippen molar-refractivity contribution in [1.29, 1.82) is 0 Å². The lowest BCUT2D eigenvalue weighted by atomic mass is 10.0. The number of carbonyl (C=O) groups is 2. The van der Waals surface area contributed by atoms with Gasteiger partial charge in [0.15, 0.2) is 0 Å². The van der Waals surface area contributed by atoms with E-state index in [-0.39, 0.29) is 17.9 Å². The lowest BCUT2D eigenvalue weighted by Gasteiger charge is -2.32. The zero-order chi connectivity index (χ0) is 16.9. The van der Waals surface area contributed by atoms with Crippen LogP contribution in [0.5, 0.6) is 0 Å². The van der Waals surface area contributed by atoms with Crippen LogP contribution in [0.15, 0.2) is 47.3 Å². The van der Waals surface area contributed by atoms with Gasteiger partial charge in [-0.25, -0.2) is 0 Å². The van der Waals surface area contributed by atoms with Gasteiger partial charge in [0.25, 0.3) is 5.91 Å². The first-order chi connectivity index (χ1) is 11.6. The van der Waals surface area contributed by atoms with E-state index in [1.807, 2.05) is 36.1 Å². The van der Waals surface area contributed by atoms with Crippen molar-refractivity contribution in [3.8, 4) is 0 Å². The first-order valence-corrected chi connectivity index (χ1v) is 8.28. The van der Waals surface area contributed by atoms with Crippen LogP contribution in [0.4, 0.5) is 0 Å². The number of hydrogen-bond donors (Lipinski definition) is 1. The smallest absolute Gasteiger partial charge is 0.257 e. The van der Waals surface area contributed by atoms with Gasteiger partial charge in [0.05, 0.1) is 18.2 Å². The summed E-state index contributed by atoms with van der Waals surface area (Å²) in [7, 11) is 0. The van der Waals surface area contributed by atoms with E-state index in [1.165, 1.54) is 12.5 Å². The van der Waals surface area contributed by atoms with Crippen molar-refractivity contribution in [2.24, 2.45) is 0 Å². The normalized spacial score (nSPS) is 15.3. The third-order valence-corrected chi connectivity index (χ3v) is 4.36. The molecule has 2 aromatic rings. The molecule has 0 atom stereocenters. The molecular weight excluding hydrogens is 304 g/mol. The van der Waals surface area contributed by atoms with Crippen molar-refractivity contribution in [2.75, 3.05) is 13.1 Å². The van der Waals surface area contributed by atoms with Crippen LogP contribution in [0.3, 0.4) is 0 Å². The topological polar surface area (TPSA) is 62.6 Å². The van der Waals surface area contributed by atoms with Gasteiger partial charge in [0, 0.05) is 19.1 Å². The highest BCUT2D eigenvalue weighted by molar-refractivity contribution is 5.93. The summed E-state index contributed by atoms with van der Waals surface area (Å²) < 4.78 is 4.96. The molecule has 1 aliphatic heterocycles. The molecule has 5 heteroatoms. The summed E-state index contributed by atoms with van der Waals surface area (Å²) >= 11 is 0. The minimum atomic E-state index is -0.00622. The maximum atomic E-state index is 12.2. The fraction of sp³-hybridized carbons (Fsp3) is 0.368. The van der Waals surface area contributed by atoms with E-state index in [0.29, 0.717) is 25.1 Å². The molecule has 0 unspecified atom stereocenters. The van der Waals surface area contributed by atoms with Gasteiger partial charge in [0.1, 0.15) is 6.26 Å². The number of aryl methyl sites for hydroxylation is 1. The summed E-state index contributed by atoms with van der Waals surface area (Å²) in [5.74, 6) is 0.0356. The minimum Gasteiger partial charge on any atom is -0.472 e. The number of nitrogens with zero attached hydrogens (tertiary/aromatic N) is 1. The van der Waals surface area contributed by atoms with E-state index < -0.39 is 0 Å². The summed E-state index contributed by atoms with van der Waals surface area (Å²) in [6, 6.07) is 9.81. The molecule has 1 aromatic heterocycles. The van der Waals surface area contributed by atoms with Crippen LogP contribution < -0.4 is 5.32 Å². The molecular formula is C19H22N2O3. The van der Waals surface area contributed by atoms with Crippen molar-refractivity contribution in [3.05, 3.63) is 59.5 Å². The Morgan fingerprint density at radius 1 is 1.25 bits per heavy atom. The summed E-state index contributed by atoms with van der Waals surface area (Å²) in [6.45, 7) is 3.33. The fourth-order valence-electron chi connectivity index (χ4n) is 3.08. The molecule has 1 fully saturated rings. The zero-order valence-electron chi connectivity index (χ0n) is 13.8. The van der Waals surface area contributed by atoms with Gasteiger partial charge in [-0.05, 0) is 31.4 Å². The van der Waals surface area contributed by atoms with E-state index in [0.717, 1.165) is 24.0 Å². The van der Waals surface area contributed by atoms with Crippen molar-refractivity contribution in [1.82, 2.24) is 10.2 Å². The van der Waals surface area contributed by atoms with Crippen molar-refractivity contribution >= 4 is 11.8 Å². The third kappa shape index (κ3) is 4.04. The molecule has 1 aliphatic rings. The second-order valence-electron chi connectivity index (χ2n) is 6.31. The number of piperidine rings is 1. The molecule has 5 nitrogen and oxygen atoms in total. The van der Waals surface area contributed by atoms with Crippen molar-refractivity contribution < 1.29 is 14.0 Å². The molecule has 126 valence electrons. The van der Waals surface area contributed by atoms with E-state index in [9.17, 15) is 9.59 Å². The molecule has 0 saturated carbocycles. The Balaban J connectivity index is 1.47. The fourth-order valence-corrected chi connectivity index (χ4v) is 3.08. The van der Waals surface area contributed by atoms with Gasteiger partial charge < -0.3 is 14.6 Å². The number of nitrogens with one attached hydrogen (secondary N) is 1. The Bertz CT molecular complexity index is 701. The summed E-state index contributed by atoms with van der Waals surface area (Å²) in [5, 5.41) is 3.09. The average molecular weight is 326 g/mol. The number of furan rings is 1. The highest BCUT2D eigenvalue weighted by atomic mass is 16.3. The molecule has 0 aliphatic carbocycles. The number of hydrogen-bond acceptors (Lipinski definition) is 3. The first kappa shape index (κ1) is 16.3. The van der Waals surface area contributed by atoms with Gasteiger partial charge in [-0.2, -0.15) is 0 Å². The van der Waals surface area contributed by atoms with Crippen LogP contribution in [0, 0.1) is 6.92 Å². The molecule has 0 bridgehead atoms. The summed E-state index contributed by atoms with van der Waals surface area (Å²) in [6.07, 6.45) is 4.94. The molecule has 2 amide bonds. The second kappa shape index (κ2) is 7.34. The Hall–Kier alpha value is -2.56. The van der Waals surface area contributed by atoms with Gasteiger partial charge >= 0.3 is 0 Å². The van der Waals surface area contributed by atoms with Crippen molar-refractivity contribution in [2.45, 2.75) is 32.2 Å². The highest BCUT2D eigenvalue weighted by Crippen LogP contribution is 2.15. The van der Waals surface area contributed by atoms with Gasteiger partial charge in [-0.15, -0.1) is 0 Å². The van der Waals surface area contributed by atoms with E-state index in [2.05, 4.69) is 5.32 Å². The minimum absolute atomic E-state index is 0.00622. The van der Waals surface area contributed by atoms with Gasteiger partial charge in [0.2, 0.25) is 5.91 Å². The summed E-state index contributed by atoms with van der Waals surface area (Å²) in [4.78, 5) is 26.2. The first-order valence-electron chi connectivity index (χ1n) is 8.28. The van der Waals surface area contributed by atoms with Crippen LogP contribution in [-0.2, 0) is 11.2 Å². The molecule has 1 N–H and O–H groups in total. The standard InChI is InChI=1S/C19H22N2O3/c1-14-3-2-4-15(11-14)12-18(22)20-17-5-8-21(9-6-17)19(23)16-7-10-24-13-16/h2-4,7,10-11,13,17H,5-6,8-9,12H2,1H3,(H,20,22). The predicted octanol–water partition coefficient (Wildman–Crippen LogP) is 2.55. The zero-order valence-corrected chi connectivity index (χ0v) is 13.8. The Kier molecular flexibility index (Phi) is 4.99. The SMILES string of the molecule is Cc1cccc(CC(=O)NC2CCN(C(=O)c3ccoc3)CC2)c1. The van der Waals surface area contributed by atoms with Crippen molar-refractivity contribution in [3.63, 3.8) is 0 Å². The van der Waals surface area contributed by atoms with E-state index in [1.54, 1.807) is 6.07 Å². The van der Waals surface area contributed by atoms with Gasteiger partial charge in [-0.3, -0.25) is 9.59 Å². The monoisotopic (exact) mass is 326 g/mol. The molecule has 24 heavy (non-hydrogen) atoms. The highest BCUT2D eigenvalue weighted by Gasteiger charge is 2.25. The Labute approximate surface area is 141 Å². The quantitative estimate of drug-likeness (QED) is 0.939. The van der Waals surface area contributed by atoms with Crippen LogP contribution in [-0.4, -0.2) is 35.8 Å².